The minimum absolute atomic E-state index is 0. The summed E-state index contributed by atoms with van der Waals surface area (Å²) in [6.07, 6.45) is 4.43. The van der Waals surface area contributed by atoms with Crippen LogP contribution in [0.5, 0.6) is 5.75 Å². The molecular weight excluding hydrogens is 419 g/mol. The fourth-order valence-corrected chi connectivity index (χ4v) is 4.54. The first-order valence-electron chi connectivity index (χ1n) is 10.3. The maximum Gasteiger partial charge on any atom is 0.226 e. The van der Waals surface area contributed by atoms with Crippen molar-refractivity contribution in [3.63, 3.8) is 0 Å². The van der Waals surface area contributed by atoms with Crippen LogP contribution in [0, 0.1) is 0 Å². The SMILES string of the molecule is Cl.Cn1c(N2CCC(Oc3ccc(Cl)cc3)CC2)nnc1C1(c2ccccc2)CC1. The monoisotopic (exact) mass is 444 g/mol. The van der Waals surface area contributed by atoms with Crippen LogP contribution in [0.15, 0.2) is 54.6 Å². The Morgan fingerprint density at radius 2 is 1.63 bits per heavy atom. The quantitative estimate of drug-likeness (QED) is 0.553. The fraction of sp³-hybridized carbons (Fsp3) is 0.391. The fourth-order valence-electron chi connectivity index (χ4n) is 4.42. The Hall–Kier alpha value is -2.24. The number of anilines is 1. The summed E-state index contributed by atoms with van der Waals surface area (Å²) in [7, 11) is 2.10. The summed E-state index contributed by atoms with van der Waals surface area (Å²) in [6, 6.07) is 18.3. The average Bonchev–Trinajstić information content (AvgIpc) is 3.47. The van der Waals surface area contributed by atoms with E-state index < -0.39 is 0 Å². The van der Waals surface area contributed by atoms with Crippen LogP contribution in [-0.4, -0.2) is 34.0 Å². The van der Waals surface area contributed by atoms with Gasteiger partial charge in [-0.15, -0.1) is 22.6 Å². The van der Waals surface area contributed by atoms with Gasteiger partial charge in [0.05, 0.1) is 5.41 Å². The third kappa shape index (κ3) is 3.88. The van der Waals surface area contributed by atoms with E-state index in [-0.39, 0.29) is 23.9 Å². The van der Waals surface area contributed by atoms with Crippen molar-refractivity contribution >= 4 is 30.0 Å². The van der Waals surface area contributed by atoms with Crippen LogP contribution in [0.4, 0.5) is 5.95 Å². The molecule has 7 heteroatoms. The molecule has 2 aromatic carbocycles. The summed E-state index contributed by atoms with van der Waals surface area (Å²) >= 11 is 5.96. The molecule has 158 valence electrons. The highest BCUT2D eigenvalue weighted by molar-refractivity contribution is 6.30. The summed E-state index contributed by atoms with van der Waals surface area (Å²) in [4.78, 5) is 2.33. The maximum atomic E-state index is 6.12. The Labute approximate surface area is 188 Å². The molecule has 3 aromatic rings. The van der Waals surface area contributed by atoms with Crippen LogP contribution in [0.2, 0.25) is 5.02 Å². The van der Waals surface area contributed by atoms with Crippen molar-refractivity contribution in [3.05, 3.63) is 71.0 Å². The molecule has 1 saturated carbocycles. The van der Waals surface area contributed by atoms with E-state index in [0.717, 1.165) is 61.3 Å². The zero-order valence-corrected chi connectivity index (χ0v) is 18.6. The predicted molar refractivity (Wildman–Crippen MR) is 122 cm³/mol. The molecule has 2 heterocycles. The molecule has 2 fully saturated rings. The Bertz CT molecular complexity index is 978. The second kappa shape index (κ2) is 8.48. The van der Waals surface area contributed by atoms with Crippen molar-refractivity contribution in [1.82, 2.24) is 14.8 Å². The number of aromatic nitrogens is 3. The van der Waals surface area contributed by atoms with E-state index in [4.69, 9.17) is 16.3 Å². The molecule has 0 amide bonds. The summed E-state index contributed by atoms with van der Waals surface area (Å²) in [6.45, 7) is 1.84. The molecule has 0 atom stereocenters. The molecule has 30 heavy (non-hydrogen) atoms. The standard InChI is InChI=1S/C23H25ClN4O.ClH/c1-27-21(23(13-14-23)17-5-3-2-4-6-17)25-26-22(27)28-15-11-20(12-16-28)29-19-9-7-18(24)8-10-19;/h2-10,20H,11-16H2,1H3;1H. The highest BCUT2D eigenvalue weighted by atomic mass is 35.5. The van der Waals surface area contributed by atoms with Crippen LogP contribution in [-0.2, 0) is 12.5 Å². The topological polar surface area (TPSA) is 43.2 Å². The molecule has 0 radical (unpaired) electrons. The lowest BCUT2D eigenvalue weighted by Crippen LogP contribution is -2.39. The van der Waals surface area contributed by atoms with Crippen molar-refractivity contribution in [2.24, 2.45) is 7.05 Å². The first-order valence-corrected chi connectivity index (χ1v) is 10.7. The molecule has 0 spiro atoms. The Balaban J connectivity index is 0.00000218. The Morgan fingerprint density at radius 1 is 0.967 bits per heavy atom. The minimum atomic E-state index is 0. The number of piperidine rings is 1. The van der Waals surface area contributed by atoms with Gasteiger partial charge in [-0.25, -0.2) is 0 Å². The van der Waals surface area contributed by atoms with Gasteiger partial charge in [0.15, 0.2) is 0 Å². The molecule has 0 N–H and O–H groups in total. The van der Waals surface area contributed by atoms with Crippen molar-refractivity contribution < 1.29 is 4.74 Å². The zero-order chi connectivity index (χ0) is 19.8. The molecule has 2 aliphatic rings. The molecule has 1 aliphatic carbocycles. The number of hydrogen-bond acceptors (Lipinski definition) is 4. The van der Waals surface area contributed by atoms with Crippen LogP contribution in [0.3, 0.4) is 0 Å². The molecule has 5 nitrogen and oxygen atoms in total. The van der Waals surface area contributed by atoms with Crippen LogP contribution in [0.25, 0.3) is 0 Å². The minimum Gasteiger partial charge on any atom is -0.490 e. The second-order valence-electron chi connectivity index (χ2n) is 8.09. The highest BCUT2D eigenvalue weighted by Crippen LogP contribution is 2.52. The largest absolute Gasteiger partial charge is 0.490 e. The number of nitrogens with zero attached hydrogens (tertiary/aromatic N) is 4. The number of halogens is 2. The molecule has 0 bridgehead atoms. The first kappa shape index (κ1) is 21.0. The highest BCUT2D eigenvalue weighted by Gasteiger charge is 2.50. The number of hydrogen-bond donors (Lipinski definition) is 0. The van der Waals surface area contributed by atoms with E-state index in [1.165, 1.54) is 5.56 Å². The van der Waals surface area contributed by atoms with Crippen LogP contribution >= 0.6 is 24.0 Å². The Morgan fingerprint density at radius 3 is 2.27 bits per heavy atom. The third-order valence-electron chi connectivity index (χ3n) is 6.20. The smallest absolute Gasteiger partial charge is 0.226 e. The Kier molecular flexibility index (Phi) is 5.94. The molecule has 1 aromatic heterocycles. The summed E-state index contributed by atoms with van der Waals surface area (Å²) < 4.78 is 8.32. The van der Waals surface area contributed by atoms with Gasteiger partial charge in [-0.1, -0.05) is 41.9 Å². The molecule has 0 unspecified atom stereocenters. The molecule has 1 saturated heterocycles. The van der Waals surface area contributed by atoms with Gasteiger partial charge in [-0.05, 0) is 42.7 Å². The number of benzene rings is 2. The molecule has 5 rings (SSSR count). The van der Waals surface area contributed by atoms with Crippen molar-refractivity contribution in [2.75, 3.05) is 18.0 Å². The van der Waals surface area contributed by atoms with Gasteiger partial charge in [0.2, 0.25) is 5.95 Å². The molecule has 1 aliphatic heterocycles. The van der Waals surface area contributed by atoms with Gasteiger partial charge in [-0.3, -0.25) is 4.57 Å². The van der Waals surface area contributed by atoms with Gasteiger partial charge in [0.25, 0.3) is 0 Å². The van der Waals surface area contributed by atoms with Gasteiger partial charge in [-0.2, -0.15) is 0 Å². The van der Waals surface area contributed by atoms with Crippen molar-refractivity contribution in [3.8, 4) is 5.75 Å². The van der Waals surface area contributed by atoms with Gasteiger partial charge >= 0.3 is 0 Å². The summed E-state index contributed by atoms with van der Waals surface area (Å²) in [5, 5.41) is 9.93. The number of rotatable bonds is 5. The lowest BCUT2D eigenvalue weighted by Gasteiger charge is -2.32. The van der Waals surface area contributed by atoms with Gasteiger partial charge in [0.1, 0.15) is 17.7 Å². The zero-order valence-electron chi connectivity index (χ0n) is 17.0. The normalized spacial score (nSPS) is 18.0. The lowest BCUT2D eigenvalue weighted by atomic mass is 9.95. The van der Waals surface area contributed by atoms with E-state index in [1.54, 1.807) is 0 Å². The summed E-state index contributed by atoms with van der Waals surface area (Å²) in [5.41, 5.74) is 1.38. The lowest BCUT2D eigenvalue weighted by molar-refractivity contribution is 0.170. The maximum absolute atomic E-state index is 6.12. The average molecular weight is 445 g/mol. The summed E-state index contributed by atoms with van der Waals surface area (Å²) in [5.74, 6) is 2.93. The van der Waals surface area contributed by atoms with E-state index in [1.807, 2.05) is 24.3 Å². The van der Waals surface area contributed by atoms with Crippen molar-refractivity contribution in [1.29, 1.82) is 0 Å². The van der Waals surface area contributed by atoms with Crippen LogP contribution in [0.1, 0.15) is 37.1 Å². The van der Waals surface area contributed by atoms with Gasteiger partial charge in [0, 0.05) is 38.0 Å². The van der Waals surface area contributed by atoms with Crippen molar-refractivity contribution in [2.45, 2.75) is 37.2 Å². The van der Waals surface area contributed by atoms with E-state index in [2.05, 4.69) is 57.0 Å². The van der Waals surface area contributed by atoms with E-state index in [0.29, 0.717) is 0 Å². The molecular formula is C23H26Cl2N4O. The first-order chi connectivity index (χ1) is 14.2. The number of ether oxygens (including phenoxy) is 1. The van der Waals surface area contributed by atoms with Crippen LogP contribution < -0.4 is 9.64 Å². The van der Waals surface area contributed by atoms with Gasteiger partial charge < -0.3 is 9.64 Å². The predicted octanol–water partition coefficient (Wildman–Crippen LogP) is 5.02. The third-order valence-corrected chi connectivity index (χ3v) is 6.45. The van der Waals surface area contributed by atoms with E-state index in [9.17, 15) is 0 Å². The second-order valence-corrected chi connectivity index (χ2v) is 8.53. The van der Waals surface area contributed by atoms with E-state index >= 15 is 0 Å².